The molecule has 0 radical (unpaired) electrons. The zero-order chi connectivity index (χ0) is 10.7. The third kappa shape index (κ3) is 2.17. The molecule has 2 rings (SSSR count). The SMILES string of the molecule is CCCC(NN)c1cnc2ccsc2c1. The van der Waals surface area contributed by atoms with Crippen LogP contribution in [0.4, 0.5) is 0 Å². The van der Waals surface area contributed by atoms with Crippen molar-refractivity contribution in [1.82, 2.24) is 10.4 Å². The molecule has 0 amide bonds. The highest BCUT2D eigenvalue weighted by Gasteiger charge is 2.09. The first-order chi connectivity index (χ1) is 7.35. The van der Waals surface area contributed by atoms with Gasteiger partial charge < -0.3 is 0 Å². The predicted octanol–water partition coefficient (Wildman–Crippen LogP) is 2.60. The molecule has 2 heterocycles. The zero-order valence-electron chi connectivity index (χ0n) is 8.73. The second kappa shape index (κ2) is 4.70. The number of nitrogens with zero attached hydrogens (tertiary/aromatic N) is 1. The monoisotopic (exact) mass is 221 g/mol. The first-order valence-corrected chi connectivity index (χ1v) is 6.02. The molecule has 0 saturated heterocycles. The van der Waals surface area contributed by atoms with E-state index in [-0.39, 0.29) is 6.04 Å². The van der Waals surface area contributed by atoms with Crippen molar-refractivity contribution in [1.29, 1.82) is 0 Å². The summed E-state index contributed by atoms with van der Waals surface area (Å²) >= 11 is 1.72. The Bertz CT molecular complexity index is 438. The van der Waals surface area contributed by atoms with Gasteiger partial charge in [0.05, 0.1) is 10.2 Å². The number of hydrazine groups is 1. The maximum absolute atomic E-state index is 5.54. The van der Waals surface area contributed by atoms with E-state index in [9.17, 15) is 0 Å². The highest BCUT2D eigenvalue weighted by atomic mass is 32.1. The van der Waals surface area contributed by atoms with Crippen molar-refractivity contribution in [2.45, 2.75) is 25.8 Å². The highest BCUT2D eigenvalue weighted by molar-refractivity contribution is 7.17. The molecule has 0 aliphatic carbocycles. The standard InChI is InChI=1S/C11H15N3S/c1-2-3-9(14-12)8-6-11-10(13-7-8)4-5-15-11/h4-7,9,14H,2-3,12H2,1H3. The van der Waals surface area contributed by atoms with Crippen LogP contribution >= 0.6 is 11.3 Å². The van der Waals surface area contributed by atoms with E-state index < -0.39 is 0 Å². The fourth-order valence-corrected chi connectivity index (χ4v) is 2.48. The van der Waals surface area contributed by atoms with Crippen LogP contribution in [0.2, 0.25) is 0 Å². The molecule has 0 saturated carbocycles. The van der Waals surface area contributed by atoms with E-state index in [0.29, 0.717) is 0 Å². The van der Waals surface area contributed by atoms with Gasteiger partial charge in [-0.15, -0.1) is 11.3 Å². The van der Waals surface area contributed by atoms with Gasteiger partial charge in [-0.05, 0) is 29.5 Å². The summed E-state index contributed by atoms with van der Waals surface area (Å²) in [4.78, 5) is 4.41. The lowest BCUT2D eigenvalue weighted by Gasteiger charge is -2.14. The van der Waals surface area contributed by atoms with Crippen molar-refractivity contribution >= 4 is 21.6 Å². The molecule has 1 unspecified atom stereocenters. The maximum Gasteiger partial charge on any atom is 0.0809 e. The van der Waals surface area contributed by atoms with Gasteiger partial charge in [-0.3, -0.25) is 16.3 Å². The zero-order valence-corrected chi connectivity index (χ0v) is 9.55. The Hall–Kier alpha value is -0.970. The minimum absolute atomic E-state index is 0.217. The smallest absolute Gasteiger partial charge is 0.0809 e. The largest absolute Gasteiger partial charge is 0.271 e. The van der Waals surface area contributed by atoms with E-state index in [1.165, 1.54) is 10.3 Å². The summed E-state index contributed by atoms with van der Waals surface area (Å²) in [6, 6.07) is 4.43. The van der Waals surface area contributed by atoms with E-state index >= 15 is 0 Å². The second-order valence-corrected chi connectivity index (χ2v) is 4.53. The molecule has 0 aliphatic heterocycles. The molecule has 2 aromatic rings. The summed E-state index contributed by atoms with van der Waals surface area (Å²) in [6.45, 7) is 2.15. The van der Waals surface area contributed by atoms with Crippen LogP contribution in [-0.2, 0) is 0 Å². The molecule has 3 N–H and O–H groups in total. The minimum Gasteiger partial charge on any atom is -0.271 e. The van der Waals surface area contributed by atoms with Crippen LogP contribution in [0.3, 0.4) is 0 Å². The van der Waals surface area contributed by atoms with E-state index in [4.69, 9.17) is 5.84 Å². The average molecular weight is 221 g/mol. The number of hydrogen-bond acceptors (Lipinski definition) is 4. The van der Waals surface area contributed by atoms with Crippen molar-refractivity contribution in [3.05, 3.63) is 29.3 Å². The normalized spacial score (nSPS) is 13.2. The van der Waals surface area contributed by atoms with Gasteiger partial charge in [0.25, 0.3) is 0 Å². The Balaban J connectivity index is 2.33. The fraction of sp³-hybridized carbons (Fsp3) is 0.364. The number of rotatable bonds is 4. The molecule has 1 atom stereocenters. The van der Waals surface area contributed by atoms with Gasteiger partial charge >= 0.3 is 0 Å². The van der Waals surface area contributed by atoms with Crippen molar-refractivity contribution in [2.75, 3.05) is 0 Å². The molecule has 3 nitrogen and oxygen atoms in total. The average Bonchev–Trinajstić information content (AvgIpc) is 2.72. The molecule has 0 aliphatic rings. The van der Waals surface area contributed by atoms with Crippen LogP contribution in [0.15, 0.2) is 23.7 Å². The van der Waals surface area contributed by atoms with Crippen LogP contribution in [0.1, 0.15) is 31.4 Å². The van der Waals surface area contributed by atoms with E-state index in [0.717, 1.165) is 18.4 Å². The predicted molar refractivity (Wildman–Crippen MR) is 64.6 cm³/mol. The summed E-state index contributed by atoms with van der Waals surface area (Å²) in [5, 5.41) is 2.06. The van der Waals surface area contributed by atoms with Crippen molar-refractivity contribution < 1.29 is 0 Å². The van der Waals surface area contributed by atoms with Gasteiger partial charge in [-0.1, -0.05) is 13.3 Å². The lowest BCUT2D eigenvalue weighted by Crippen LogP contribution is -2.27. The van der Waals surface area contributed by atoms with Crippen LogP contribution in [0.5, 0.6) is 0 Å². The van der Waals surface area contributed by atoms with Gasteiger partial charge in [0.1, 0.15) is 0 Å². The lowest BCUT2D eigenvalue weighted by atomic mass is 10.1. The first-order valence-electron chi connectivity index (χ1n) is 5.14. The molecular formula is C11H15N3S. The number of pyridine rings is 1. The van der Waals surface area contributed by atoms with Gasteiger partial charge in [-0.2, -0.15) is 0 Å². The quantitative estimate of drug-likeness (QED) is 0.616. The molecule has 4 heteroatoms. The molecular weight excluding hydrogens is 206 g/mol. The Morgan fingerprint density at radius 3 is 3.20 bits per heavy atom. The highest BCUT2D eigenvalue weighted by Crippen LogP contribution is 2.24. The summed E-state index contributed by atoms with van der Waals surface area (Å²) in [5.74, 6) is 5.54. The third-order valence-electron chi connectivity index (χ3n) is 2.50. The molecule has 0 spiro atoms. The molecule has 80 valence electrons. The topological polar surface area (TPSA) is 50.9 Å². The molecule has 0 fully saturated rings. The second-order valence-electron chi connectivity index (χ2n) is 3.58. The van der Waals surface area contributed by atoms with Crippen LogP contribution in [0.25, 0.3) is 10.2 Å². The number of aromatic nitrogens is 1. The van der Waals surface area contributed by atoms with E-state index in [1.807, 2.05) is 12.3 Å². The van der Waals surface area contributed by atoms with Crippen LogP contribution in [0, 0.1) is 0 Å². The summed E-state index contributed by atoms with van der Waals surface area (Å²) < 4.78 is 1.23. The molecule has 2 aromatic heterocycles. The molecule has 0 aromatic carbocycles. The Kier molecular flexibility index (Phi) is 3.30. The summed E-state index contributed by atoms with van der Waals surface area (Å²) in [7, 11) is 0. The number of thiophene rings is 1. The van der Waals surface area contributed by atoms with Crippen LogP contribution < -0.4 is 11.3 Å². The number of fused-ring (bicyclic) bond motifs is 1. The maximum atomic E-state index is 5.54. The van der Waals surface area contributed by atoms with Crippen molar-refractivity contribution in [3.8, 4) is 0 Å². The first kappa shape index (κ1) is 10.5. The molecule has 0 bridgehead atoms. The van der Waals surface area contributed by atoms with Crippen molar-refractivity contribution in [3.63, 3.8) is 0 Å². The van der Waals surface area contributed by atoms with Crippen LogP contribution in [-0.4, -0.2) is 4.98 Å². The summed E-state index contributed by atoms with van der Waals surface area (Å²) in [6.07, 6.45) is 4.06. The van der Waals surface area contributed by atoms with Gasteiger partial charge in [0.15, 0.2) is 0 Å². The number of nitrogens with one attached hydrogen (secondary N) is 1. The number of nitrogens with two attached hydrogens (primary N) is 1. The van der Waals surface area contributed by atoms with E-state index in [1.54, 1.807) is 11.3 Å². The summed E-state index contributed by atoms with van der Waals surface area (Å²) in [5.41, 5.74) is 5.08. The Labute approximate surface area is 93.3 Å². The van der Waals surface area contributed by atoms with Gasteiger partial charge in [0.2, 0.25) is 0 Å². The minimum atomic E-state index is 0.217. The Morgan fingerprint density at radius 2 is 2.47 bits per heavy atom. The number of hydrogen-bond donors (Lipinski definition) is 2. The third-order valence-corrected chi connectivity index (χ3v) is 3.36. The van der Waals surface area contributed by atoms with Gasteiger partial charge in [0, 0.05) is 12.2 Å². The van der Waals surface area contributed by atoms with Crippen molar-refractivity contribution in [2.24, 2.45) is 5.84 Å². The molecule has 15 heavy (non-hydrogen) atoms. The fourth-order valence-electron chi connectivity index (χ4n) is 1.69. The lowest BCUT2D eigenvalue weighted by molar-refractivity contribution is 0.509. The van der Waals surface area contributed by atoms with E-state index in [2.05, 4.69) is 28.8 Å². The Morgan fingerprint density at radius 1 is 1.60 bits per heavy atom. The van der Waals surface area contributed by atoms with Gasteiger partial charge in [-0.25, -0.2) is 0 Å².